The summed E-state index contributed by atoms with van der Waals surface area (Å²) in [5.41, 5.74) is 3.47. The molecule has 9 heteroatoms. The molecule has 0 spiro atoms. The van der Waals surface area contributed by atoms with Crippen LogP contribution in [0.25, 0.3) is 0 Å². The number of benzene rings is 2. The third-order valence-electron chi connectivity index (χ3n) is 3.60. The smallest absolute Gasteiger partial charge is 0.262 e. The second-order valence-corrected chi connectivity index (χ2v) is 7.71. The maximum absolute atomic E-state index is 12.2. The van der Waals surface area contributed by atoms with E-state index in [9.17, 15) is 14.7 Å². The molecule has 2 amide bonds. The van der Waals surface area contributed by atoms with Gasteiger partial charge in [0, 0.05) is 4.47 Å². The molecule has 0 aromatic heterocycles. The molecule has 0 fully saturated rings. The molecule has 0 aliphatic heterocycles. The number of hydrogen-bond donors (Lipinski definition) is 3. The summed E-state index contributed by atoms with van der Waals surface area (Å²) < 4.78 is 6.61. The zero-order chi connectivity index (χ0) is 20.7. The zero-order valence-electron chi connectivity index (χ0n) is 15.2. The summed E-state index contributed by atoms with van der Waals surface area (Å²) in [7, 11) is 0. The number of ether oxygens (including phenoxy) is 1. The van der Waals surface area contributed by atoms with Gasteiger partial charge in [0.15, 0.2) is 11.5 Å². The van der Waals surface area contributed by atoms with Gasteiger partial charge in [-0.2, -0.15) is 5.10 Å². The summed E-state index contributed by atoms with van der Waals surface area (Å²) in [6, 6.07) is 9.48. The monoisotopic (exact) mass is 559 g/mol. The summed E-state index contributed by atoms with van der Waals surface area (Å²) in [6.45, 7) is 3.79. The Morgan fingerprint density at radius 2 is 2.07 bits per heavy atom. The van der Waals surface area contributed by atoms with Crippen LogP contribution in [0.2, 0.25) is 0 Å². The highest BCUT2D eigenvalue weighted by Gasteiger charge is 2.17. The van der Waals surface area contributed by atoms with Crippen molar-refractivity contribution >= 4 is 56.5 Å². The molecule has 2 aromatic carbocycles. The normalized spacial score (nSPS) is 11.9. The van der Waals surface area contributed by atoms with E-state index in [4.69, 9.17) is 4.74 Å². The summed E-state index contributed by atoms with van der Waals surface area (Å²) in [5, 5.41) is 16.5. The first-order chi connectivity index (χ1) is 13.3. The molecule has 0 aliphatic rings. The maximum Gasteiger partial charge on any atom is 0.262 e. The Hall–Kier alpha value is -2.14. The minimum Gasteiger partial charge on any atom is -0.504 e. The lowest BCUT2D eigenvalue weighted by Gasteiger charge is -2.13. The first-order valence-corrected chi connectivity index (χ1v) is 10.2. The first-order valence-electron chi connectivity index (χ1n) is 8.37. The van der Waals surface area contributed by atoms with Crippen LogP contribution in [-0.4, -0.2) is 35.8 Å². The van der Waals surface area contributed by atoms with Crippen LogP contribution in [-0.2, 0) is 4.79 Å². The van der Waals surface area contributed by atoms with E-state index in [0.29, 0.717) is 31.5 Å². The highest BCUT2D eigenvalue weighted by molar-refractivity contribution is 14.1. The van der Waals surface area contributed by atoms with Gasteiger partial charge in [-0.05, 0) is 82.2 Å². The van der Waals surface area contributed by atoms with Gasteiger partial charge in [-0.3, -0.25) is 9.59 Å². The van der Waals surface area contributed by atoms with Gasteiger partial charge in [-0.1, -0.05) is 12.1 Å². The van der Waals surface area contributed by atoms with Gasteiger partial charge < -0.3 is 15.2 Å². The van der Waals surface area contributed by atoms with Crippen molar-refractivity contribution in [3.05, 3.63) is 55.6 Å². The number of hydrogen-bond acceptors (Lipinski definition) is 5. The molecule has 28 heavy (non-hydrogen) atoms. The Kier molecular flexibility index (Phi) is 8.24. The Morgan fingerprint density at radius 1 is 1.36 bits per heavy atom. The van der Waals surface area contributed by atoms with Crippen molar-refractivity contribution in [1.82, 2.24) is 10.7 Å². The van der Waals surface area contributed by atoms with Crippen molar-refractivity contribution in [1.29, 1.82) is 0 Å². The number of carbonyl (C=O) groups is 2. The molecule has 2 aromatic rings. The number of halogens is 2. The van der Waals surface area contributed by atoms with Crippen LogP contribution >= 0.6 is 38.5 Å². The summed E-state index contributed by atoms with van der Waals surface area (Å²) in [4.78, 5) is 24.4. The number of rotatable bonds is 7. The summed E-state index contributed by atoms with van der Waals surface area (Å²) >= 11 is 5.29. The summed E-state index contributed by atoms with van der Waals surface area (Å²) in [5.74, 6) is -0.424. The largest absolute Gasteiger partial charge is 0.504 e. The highest BCUT2D eigenvalue weighted by atomic mass is 127. The second-order valence-electron chi connectivity index (χ2n) is 5.69. The fraction of sp³-hybridized carbons (Fsp3) is 0.211. The van der Waals surface area contributed by atoms with E-state index in [1.54, 1.807) is 43.3 Å². The molecule has 3 N–H and O–H groups in total. The third-order valence-corrected chi connectivity index (χ3v) is 5.11. The molecule has 1 atom stereocenters. The van der Waals surface area contributed by atoms with Gasteiger partial charge in [0.05, 0.1) is 22.0 Å². The lowest BCUT2D eigenvalue weighted by molar-refractivity contribution is -0.122. The number of nitrogens with zero attached hydrogens (tertiary/aromatic N) is 1. The van der Waals surface area contributed by atoms with Gasteiger partial charge in [0.25, 0.3) is 11.8 Å². The SMILES string of the molecule is CCOc1cc(C=NNC(=O)C(C)NC(=O)c2ccccc2Br)cc(I)c1O. The second kappa shape index (κ2) is 10.4. The van der Waals surface area contributed by atoms with Crippen molar-refractivity contribution in [3.63, 3.8) is 0 Å². The number of phenols is 1. The molecule has 0 bridgehead atoms. The number of nitrogens with one attached hydrogen (secondary N) is 2. The molecule has 7 nitrogen and oxygen atoms in total. The average molecular weight is 560 g/mol. The van der Waals surface area contributed by atoms with Gasteiger partial charge in [0.2, 0.25) is 0 Å². The molecule has 1 unspecified atom stereocenters. The Labute approximate surface area is 184 Å². The van der Waals surface area contributed by atoms with Crippen LogP contribution in [0.5, 0.6) is 11.5 Å². The third kappa shape index (κ3) is 5.93. The van der Waals surface area contributed by atoms with E-state index in [-0.39, 0.29) is 11.7 Å². The first kappa shape index (κ1) is 22.2. The van der Waals surface area contributed by atoms with E-state index in [1.165, 1.54) is 6.21 Å². The lowest BCUT2D eigenvalue weighted by atomic mass is 10.2. The molecule has 0 radical (unpaired) electrons. The van der Waals surface area contributed by atoms with E-state index >= 15 is 0 Å². The average Bonchev–Trinajstić information content (AvgIpc) is 2.66. The predicted octanol–water partition coefficient (Wildman–Crippen LogP) is 3.43. The quantitative estimate of drug-likeness (QED) is 0.275. The molecule has 2 rings (SSSR count). The van der Waals surface area contributed by atoms with E-state index in [0.717, 1.165) is 0 Å². The Morgan fingerprint density at radius 3 is 2.75 bits per heavy atom. The van der Waals surface area contributed by atoms with E-state index in [2.05, 4.69) is 31.8 Å². The van der Waals surface area contributed by atoms with Crippen LogP contribution in [0.4, 0.5) is 0 Å². The predicted molar refractivity (Wildman–Crippen MR) is 119 cm³/mol. The maximum atomic E-state index is 12.2. The van der Waals surface area contributed by atoms with Gasteiger partial charge in [0.1, 0.15) is 6.04 Å². The van der Waals surface area contributed by atoms with E-state index < -0.39 is 11.9 Å². The van der Waals surface area contributed by atoms with Crippen molar-refractivity contribution in [3.8, 4) is 11.5 Å². The molecule has 148 valence electrons. The molecule has 0 aliphatic carbocycles. The number of aromatic hydroxyl groups is 1. The van der Waals surface area contributed by atoms with Crippen LogP contribution in [0, 0.1) is 3.57 Å². The number of hydrazone groups is 1. The van der Waals surface area contributed by atoms with Crippen LogP contribution in [0.3, 0.4) is 0 Å². The standard InChI is InChI=1S/C19H19BrIN3O4/c1-3-28-16-9-12(8-15(21)17(16)25)10-22-24-18(26)11(2)23-19(27)13-6-4-5-7-14(13)20/h4-11,25H,3H2,1-2H3,(H,23,27)(H,24,26). The van der Waals surface area contributed by atoms with Crippen LogP contribution < -0.4 is 15.5 Å². The highest BCUT2D eigenvalue weighted by Crippen LogP contribution is 2.32. The van der Waals surface area contributed by atoms with Gasteiger partial charge in [-0.25, -0.2) is 5.43 Å². The minimum absolute atomic E-state index is 0.0621. The van der Waals surface area contributed by atoms with Gasteiger partial charge in [-0.15, -0.1) is 0 Å². The van der Waals surface area contributed by atoms with Crippen LogP contribution in [0.15, 0.2) is 46.0 Å². The number of carbonyl (C=O) groups excluding carboxylic acids is 2. The zero-order valence-corrected chi connectivity index (χ0v) is 18.9. The molecule has 0 saturated carbocycles. The lowest BCUT2D eigenvalue weighted by Crippen LogP contribution is -2.43. The van der Waals surface area contributed by atoms with Crippen LogP contribution in [0.1, 0.15) is 29.8 Å². The van der Waals surface area contributed by atoms with Crippen molar-refractivity contribution in [2.75, 3.05) is 6.61 Å². The Bertz CT molecular complexity index is 905. The number of phenolic OH excluding ortho intramolecular Hbond substituents is 1. The van der Waals surface area contributed by atoms with Gasteiger partial charge >= 0.3 is 0 Å². The topological polar surface area (TPSA) is 100 Å². The van der Waals surface area contributed by atoms with E-state index in [1.807, 2.05) is 29.5 Å². The fourth-order valence-corrected chi connectivity index (χ4v) is 3.28. The fourth-order valence-electron chi connectivity index (χ4n) is 2.19. The minimum atomic E-state index is -0.782. The molecule has 0 heterocycles. The molecule has 0 saturated heterocycles. The number of amides is 2. The molecular weight excluding hydrogens is 541 g/mol. The summed E-state index contributed by atoms with van der Waals surface area (Å²) in [6.07, 6.45) is 1.43. The Balaban J connectivity index is 1.97. The van der Waals surface area contributed by atoms with Crippen molar-refractivity contribution in [2.24, 2.45) is 5.10 Å². The molecular formula is C19H19BrIN3O4. The van der Waals surface area contributed by atoms with Crippen molar-refractivity contribution in [2.45, 2.75) is 19.9 Å². The van der Waals surface area contributed by atoms with Crippen molar-refractivity contribution < 1.29 is 19.4 Å².